The van der Waals surface area contributed by atoms with Crippen LogP contribution in [-0.2, 0) is 4.74 Å². The van der Waals surface area contributed by atoms with Gasteiger partial charge in [-0.15, -0.1) is 0 Å². The average molecular weight is 273 g/mol. The Morgan fingerprint density at radius 1 is 1.26 bits per heavy atom. The number of anilines is 1. The van der Waals surface area contributed by atoms with Crippen LogP contribution in [0.5, 0.6) is 11.5 Å². The second-order valence-electron chi connectivity index (χ2n) is 4.41. The monoisotopic (exact) mass is 273 g/mol. The minimum absolute atomic E-state index is 0.122. The van der Waals surface area contributed by atoms with Gasteiger partial charge in [0.05, 0.1) is 18.9 Å². The highest BCUT2D eigenvalue weighted by Gasteiger charge is 2.29. The third-order valence-corrected chi connectivity index (χ3v) is 3.19. The summed E-state index contributed by atoms with van der Waals surface area (Å²) in [7, 11) is 3.19. The molecule has 1 saturated carbocycles. The number of methoxy groups -OCH3 is 2. The lowest BCUT2D eigenvalue weighted by atomic mass is 9.89. The minimum Gasteiger partial charge on any atom is -0.497 e. The van der Waals surface area contributed by atoms with Crippen LogP contribution in [0.25, 0.3) is 0 Å². The van der Waals surface area contributed by atoms with E-state index in [1.165, 1.54) is 13.2 Å². The topological polar surface area (TPSA) is 39.7 Å². The molecule has 1 N–H and O–H groups in total. The first-order chi connectivity index (χ1) is 9.12. The fraction of sp³-hybridized carbons (Fsp3) is 0.538. The lowest BCUT2D eigenvalue weighted by molar-refractivity contribution is -0.0495. The Kier molecular flexibility index (Phi) is 4.42. The highest BCUT2D eigenvalue weighted by molar-refractivity contribution is 5.60. The van der Waals surface area contributed by atoms with Gasteiger partial charge in [-0.3, -0.25) is 0 Å². The third kappa shape index (κ3) is 3.47. The molecule has 1 aliphatic rings. The number of benzene rings is 1. The summed E-state index contributed by atoms with van der Waals surface area (Å²) in [5, 5.41) is 3.17. The lowest BCUT2D eigenvalue weighted by Gasteiger charge is -2.35. The van der Waals surface area contributed by atoms with E-state index in [0.717, 1.165) is 12.8 Å². The lowest BCUT2D eigenvalue weighted by Crippen LogP contribution is -2.40. The molecule has 6 heteroatoms. The van der Waals surface area contributed by atoms with Gasteiger partial charge in [0.2, 0.25) is 0 Å². The van der Waals surface area contributed by atoms with Crippen LogP contribution in [0.2, 0.25) is 0 Å². The van der Waals surface area contributed by atoms with Crippen molar-refractivity contribution in [3.8, 4) is 11.5 Å². The van der Waals surface area contributed by atoms with Gasteiger partial charge < -0.3 is 19.5 Å². The summed E-state index contributed by atoms with van der Waals surface area (Å²) in [5.74, 6) is 0.711. The predicted octanol–water partition coefficient (Wildman–Crippen LogP) is 2.89. The number of rotatable bonds is 6. The summed E-state index contributed by atoms with van der Waals surface area (Å²) < 4.78 is 39.4. The summed E-state index contributed by atoms with van der Waals surface area (Å²) in [6.07, 6.45) is 1.94. The molecule has 0 aromatic heterocycles. The zero-order valence-corrected chi connectivity index (χ0v) is 10.9. The maximum Gasteiger partial charge on any atom is 0.387 e. The highest BCUT2D eigenvalue weighted by Crippen LogP contribution is 2.34. The van der Waals surface area contributed by atoms with Crippen LogP contribution in [-0.4, -0.2) is 33.0 Å². The first kappa shape index (κ1) is 13.9. The van der Waals surface area contributed by atoms with E-state index >= 15 is 0 Å². The van der Waals surface area contributed by atoms with Crippen molar-refractivity contribution < 1.29 is 23.0 Å². The molecule has 4 nitrogen and oxygen atoms in total. The molecule has 1 aromatic carbocycles. The number of ether oxygens (including phenoxy) is 3. The maximum atomic E-state index is 12.3. The van der Waals surface area contributed by atoms with Crippen molar-refractivity contribution in [2.45, 2.75) is 31.6 Å². The van der Waals surface area contributed by atoms with Crippen LogP contribution in [0, 0.1) is 0 Å². The van der Waals surface area contributed by atoms with E-state index in [2.05, 4.69) is 10.1 Å². The Balaban J connectivity index is 2.07. The minimum atomic E-state index is -2.85. The molecule has 1 aromatic rings. The van der Waals surface area contributed by atoms with Gasteiger partial charge in [0.25, 0.3) is 0 Å². The third-order valence-electron chi connectivity index (χ3n) is 3.19. The summed E-state index contributed by atoms with van der Waals surface area (Å²) in [4.78, 5) is 0. The molecule has 0 radical (unpaired) electrons. The first-order valence-electron chi connectivity index (χ1n) is 6.04. The fourth-order valence-electron chi connectivity index (χ4n) is 2.04. The molecule has 0 saturated heterocycles. The summed E-state index contributed by atoms with van der Waals surface area (Å²) in [6, 6.07) is 4.91. The second-order valence-corrected chi connectivity index (χ2v) is 4.41. The molecule has 19 heavy (non-hydrogen) atoms. The van der Waals surface area contributed by atoms with Gasteiger partial charge in [-0.25, -0.2) is 0 Å². The fourth-order valence-corrected chi connectivity index (χ4v) is 2.04. The SMILES string of the molecule is COc1ccc(OC(F)F)c(NC2CC(OC)C2)c1. The summed E-state index contributed by atoms with van der Waals surface area (Å²) in [6.45, 7) is -2.85. The van der Waals surface area contributed by atoms with Gasteiger partial charge in [0, 0.05) is 19.2 Å². The Hall–Kier alpha value is -1.56. The molecule has 106 valence electrons. The van der Waals surface area contributed by atoms with Gasteiger partial charge >= 0.3 is 6.61 Å². The quantitative estimate of drug-likeness (QED) is 0.865. The largest absolute Gasteiger partial charge is 0.497 e. The van der Waals surface area contributed by atoms with Crippen LogP contribution in [0.1, 0.15) is 12.8 Å². The normalized spacial score (nSPS) is 21.9. The molecule has 0 aliphatic heterocycles. The van der Waals surface area contributed by atoms with Crippen LogP contribution in [0.3, 0.4) is 0 Å². The van der Waals surface area contributed by atoms with Crippen LogP contribution in [0.15, 0.2) is 18.2 Å². The first-order valence-corrected chi connectivity index (χ1v) is 6.04. The molecule has 0 bridgehead atoms. The molecule has 0 spiro atoms. The molecular formula is C13H17F2NO3. The molecule has 1 fully saturated rings. The highest BCUT2D eigenvalue weighted by atomic mass is 19.3. The van der Waals surface area contributed by atoms with Gasteiger partial charge in [0.1, 0.15) is 11.5 Å². The smallest absolute Gasteiger partial charge is 0.387 e. The van der Waals surface area contributed by atoms with Crippen molar-refractivity contribution in [1.29, 1.82) is 0 Å². The van der Waals surface area contributed by atoms with Gasteiger partial charge in [-0.2, -0.15) is 8.78 Å². The van der Waals surface area contributed by atoms with E-state index < -0.39 is 6.61 Å². The molecule has 0 amide bonds. The number of hydrogen-bond acceptors (Lipinski definition) is 4. The van der Waals surface area contributed by atoms with Crippen LogP contribution in [0.4, 0.5) is 14.5 Å². The van der Waals surface area contributed by atoms with Crippen molar-refractivity contribution in [2.24, 2.45) is 0 Å². The standard InChI is InChI=1S/C13H17F2NO3/c1-17-9-3-4-12(19-13(14)15)11(7-9)16-8-5-10(6-8)18-2/h3-4,7-8,10,13,16H,5-6H2,1-2H3. The molecule has 0 heterocycles. The molecule has 2 rings (SSSR count). The zero-order chi connectivity index (χ0) is 13.8. The van der Waals surface area contributed by atoms with Crippen LogP contribution < -0.4 is 14.8 Å². The van der Waals surface area contributed by atoms with E-state index in [-0.39, 0.29) is 17.9 Å². The predicted molar refractivity (Wildman–Crippen MR) is 67.1 cm³/mol. The second kappa shape index (κ2) is 6.06. The van der Waals surface area contributed by atoms with Crippen molar-refractivity contribution in [3.63, 3.8) is 0 Å². The average Bonchev–Trinajstić information content (AvgIpc) is 2.34. The molecular weight excluding hydrogens is 256 g/mol. The van der Waals surface area contributed by atoms with Crippen molar-refractivity contribution in [2.75, 3.05) is 19.5 Å². The molecule has 1 aliphatic carbocycles. The van der Waals surface area contributed by atoms with E-state index in [1.807, 2.05) is 0 Å². The van der Waals surface area contributed by atoms with Gasteiger partial charge in [-0.1, -0.05) is 0 Å². The zero-order valence-electron chi connectivity index (χ0n) is 10.9. The van der Waals surface area contributed by atoms with Crippen LogP contribution >= 0.6 is 0 Å². The molecule has 0 atom stereocenters. The number of nitrogens with one attached hydrogen (secondary N) is 1. The van der Waals surface area contributed by atoms with Gasteiger partial charge in [-0.05, 0) is 25.0 Å². The number of alkyl halides is 2. The molecule has 0 unspecified atom stereocenters. The maximum absolute atomic E-state index is 12.3. The van der Waals surface area contributed by atoms with E-state index in [0.29, 0.717) is 11.4 Å². The van der Waals surface area contributed by atoms with E-state index in [1.54, 1.807) is 19.2 Å². The summed E-state index contributed by atoms with van der Waals surface area (Å²) in [5.41, 5.74) is 0.513. The number of hydrogen-bond donors (Lipinski definition) is 1. The Morgan fingerprint density at radius 3 is 2.58 bits per heavy atom. The van der Waals surface area contributed by atoms with Gasteiger partial charge in [0.15, 0.2) is 0 Å². The van der Waals surface area contributed by atoms with E-state index in [9.17, 15) is 8.78 Å². The Morgan fingerprint density at radius 2 is 2.00 bits per heavy atom. The Bertz CT molecular complexity index is 422. The number of halogens is 2. The Labute approximate surface area is 110 Å². The van der Waals surface area contributed by atoms with Crippen molar-refractivity contribution >= 4 is 5.69 Å². The van der Waals surface area contributed by atoms with E-state index in [4.69, 9.17) is 9.47 Å². The summed E-state index contributed by atoms with van der Waals surface area (Å²) >= 11 is 0. The van der Waals surface area contributed by atoms with Crippen molar-refractivity contribution in [1.82, 2.24) is 0 Å². The van der Waals surface area contributed by atoms with Crippen molar-refractivity contribution in [3.05, 3.63) is 18.2 Å².